The van der Waals surface area contributed by atoms with E-state index in [1.807, 2.05) is 44.2 Å². The van der Waals surface area contributed by atoms with Crippen LogP contribution in [-0.4, -0.2) is 87.8 Å². The summed E-state index contributed by atoms with van der Waals surface area (Å²) in [6.07, 6.45) is -0.447. The summed E-state index contributed by atoms with van der Waals surface area (Å²) in [5.74, 6) is -1.60. The monoisotopic (exact) mass is 538 g/mol. The van der Waals surface area contributed by atoms with E-state index in [1.165, 1.54) is 11.8 Å². The standard InChI is InChI=1S/C25H34N4O5S.ClH/c1-6-28(7-2)13-14-33-24(32)20-25(4,5)35-23-19(22(31)29(20)23)26-21(30)17-15(3)34-27-18(17)16-11-9-8-10-12-16;/h8-12,15,17,19-20,23H,6-7,13-14H2,1-5H3,(H,26,30);1H/t15?,17?,19?,20-,23+;/m0./s1. The Labute approximate surface area is 222 Å². The third-order valence-corrected chi connectivity index (χ3v) is 8.51. The molecule has 0 bridgehead atoms. The number of nitrogens with zero attached hydrogens (tertiary/aromatic N) is 3. The number of fused-ring (bicyclic) bond motifs is 1. The van der Waals surface area contributed by atoms with Crippen molar-refractivity contribution in [2.24, 2.45) is 11.1 Å². The minimum atomic E-state index is -0.704. The number of carbonyl (C=O) groups is 3. The zero-order valence-electron chi connectivity index (χ0n) is 21.3. The molecule has 3 aliphatic heterocycles. The highest BCUT2D eigenvalue weighted by Crippen LogP contribution is 2.51. The largest absolute Gasteiger partial charge is 0.463 e. The fourth-order valence-corrected chi connectivity index (χ4v) is 6.54. The van der Waals surface area contributed by atoms with Crippen molar-refractivity contribution in [3.63, 3.8) is 0 Å². The van der Waals surface area contributed by atoms with Crippen LogP contribution in [0.5, 0.6) is 0 Å². The Kier molecular flexibility index (Phi) is 8.95. The summed E-state index contributed by atoms with van der Waals surface area (Å²) in [6.45, 7) is 12.5. The minimum absolute atomic E-state index is 0. The third kappa shape index (κ3) is 5.21. The molecular formula is C25H35ClN4O5S. The second-order valence-electron chi connectivity index (χ2n) is 9.57. The Hall–Kier alpha value is -2.30. The lowest BCUT2D eigenvalue weighted by Crippen LogP contribution is -2.71. The van der Waals surface area contributed by atoms with Gasteiger partial charge in [0.25, 0.3) is 0 Å². The molecule has 9 nitrogen and oxygen atoms in total. The van der Waals surface area contributed by atoms with Gasteiger partial charge in [0.05, 0.1) is 0 Å². The van der Waals surface area contributed by atoms with Crippen molar-refractivity contribution in [2.45, 2.75) is 62.9 Å². The number of hydrogen-bond donors (Lipinski definition) is 1. The number of rotatable bonds is 9. The Morgan fingerprint density at radius 2 is 1.89 bits per heavy atom. The molecule has 0 spiro atoms. The van der Waals surface area contributed by atoms with Crippen molar-refractivity contribution < 1.29 is 24.0 Å². The van der Waals surface area contributed by atoms with Gasteiger partial charge in [-0.15, -0.1) is 24.2 Å². The number of halogens is 1. The summed E-state index contributed by atoms with van der Waals surface area (Å²) >= 11 is 1.51. The van der Waals surface area contributed by atoms with Crippen LogP contribution in [0, 0.1) is 5.92 Å². The van der Waals surface area contributed by atoms with Crippen LogP contribution in [0.2, 0.25) is 0 Å². The van der Waals surface area contributed by atoms with E-state index in [0.29, 0.717) is 12.3 Å². The Bertz CT molecular complexity index is 1000. The average molecular weight is 539 g/mol. The van der Waals surface area contributed by atoms with Gasteiger partial charge >= 0.3 is 5.97 Å². The van der Waals surface area contributed by atoms with E-state index < -0.39 is 34.8 Å². The molecule has 5 atom stereocenters. The maximum Gasteiger partial charge on any atom is 0.330 e. The molecule has 36 heavy (non-hydrogen) atoms. The van der Waals surface area contributed by atoms with Crippen LogP contribution in [0.25, 0.3) is 0 Å². The minimum Gasteiger partial charge on any atom is -0.463 e. The van der Waals surface area contributed by atoms with Crippen LogP contribution < -0.4 is 5.32 Å². The second kappa shape index (κ2) is 11.4. The molecule has 0 saturated carbocycles. The quantitative estimate of drug-likeness (QED) is 0.380. The lowest BCUT2D eigenvalue weighted by atomic mass is 9.91. The second-order valence-corrected chi connectivity index (χ2v) is 11.3. The molecular weight excluding hydrogens is 504 g/mol. The molecule has 3 heterocycles. The number of benzene rings is 1. The molecule has 4 rings (SSSR count). The highest BCUT2D eigenvalue weighted by molar-refractivity contribution is 8.01. The fraction of sp³-hybridized carbons (Fsp3) is 0.600. The molecule has 2 saturated heterocycles. The number of thioether (sulfide) groups is 1. The first-order valence-corrected chi connectivity index (χ1v) is 13.1. The highest BCUT2D eigenvalue weighted by Gasteiger charge is 2.64. The van der Waals surface area contributed by atoms with E-state index in [4.69, 9.17) is 9.57 Å². The Balaban J connectivity index is 0.00000361. The van der Waals surface area contributed by atoms with Gasteiger partial charge in [-0.05, 0) is 33.9 Å². The molecule has 3 aliphatic rings. The van der Waals surface area contributed by atoms with E-state index in [-0.39, 0.29) is 36.2 Å². The number of hydrogen-bond acceptors (Lipinski definition) is 8. The fourth-order valence-electron chi connectivity index (χ4n) is 4.92. The zero-order chi connectivity index (χ0) is 25.3. The number of ether oxygens (including phenoxy) is 1. The number of nitrogens with one attached hydrogen (secondary N) is 1. The summed E-state index contributed by atoms with van der Waals surface area (Å²) in [6, 6.07) is 8.01. The third-order valence-electron chi connectivity index (χ3n) is 6.94. The van der Waals surface area contributed by atoms with Gasteiger partial charge < -0.3 is 24.7 Å². The van der Waals surface area contributed by atoms with Gasteiger partial charge in [0.1, 0.15) is 41.8 Å². The van der Waals surface area contributed by atoms with Gasteiger partial charge in [-0.3, -0.25) is 9.59 Å². The summed E-state index contributed by atoms with van der Waals surface area (Å²) in [5.41, 5.74) is 1.36. The molecule has 0 aromatic heterocycles. The topological polar surface area (TPSA) is 101 Å². The first kappa shape index (κ1) is 28.3. The van der Waals surface area contributed by atoms with Crippen molar-refractivity contribution in [1.82, 2.24) is 15.1 Å². The maximum atomic E-state index is 13.3. The smallest absolute Gasteiger partial charge is 0.330 e. The van der Waals surface area contributed by atoms with Gasteiger partial charge in [0.2, 0.25) is 11.8 Å². The number of carbonyl (C=O) groups excluding carboxylic acids is 3. The van der Waals surface area contributed by atoms with Crippen LogP contribution >= 0.6 is 24.2 Å². The Morgan fingerprint density at radius 1 is 1.22 bits per heavy atom. The van der Waals surface area contributed by atoms with Crippen LogP contribution in [0.3, 0.4) is 0 Å². The van der Waals surface area contributed by atoms with E-state index >= 15 is 0 Å². The van der Waals surface area contributed by atoms with Crippen molar-refractivity contribution in [1.29, 1.82) is 0 Å². The van der Waals surface area contributed by atoms with Gasteiger partial charge in [0.15, 0.2) is 0 Å². The number of esters is 1. The SMILES string of the molecule is CCN(CC)CCOC(=O)[C@@H]1N2C(=O)C(NC(=O)C3C(c4ccccc4)=NOC3C)[C@H]2SC1(C)C.Cl. The van der Waals surface area contributed by atoms with Crippen molar-refractivity contribution in [2.75, 3.05) is 26.2 Å². The van der Waals surface area contributed by atoms with Crippen LogP contribution in [-0.2, 0) is 24.0 Å². The lowest BCUT2D eigenvalue weighted by molar-refractivity contribution is -0.164. The summed E-state index contributed by atoms with van der Waals surface area (Å²) in [7, 11) is 0. The Morgan fingerprint density at radius 3 is 2.53 bits per heavy atom. The van der Waals surface area contributed by atoms with Gasteiger partial charge in [0, 0.05) is 16.9 Å². The van der Waals surface area contributed by atoms with Crippen LogP contribution in [0.4, 0.5) is 0 Å². The van der Waals surface area contributed by atoms with Gasteiger partial charge in [-0.1, -0.05) is 49.3 Å². The zero-order valence-corrected chi connectivity index (χ0v) is 22.9. The highest BCUT2D eigenvalue weighted by atomic mass is 35.5. The molecule has 0 radical (unpaired) electrons. The van der Waals surface area contributed by atoms with Crippen molar-refractivity contribution in [3.8, 4) is 0 Å². The molecule has 1 aromatic carbocycles. The molecule has 11 heteroatoms. The van der Waals surface area contributed by atoms with E-state index in [2.05, 4.69) is 29.2 Å². The first-order valence-electron chi connectivity index (χ1n) is 12.2. The van der Waals surface area contributed by atoms with Gasteiger partial charge in [-0.2, -0.15) is 0 Å². The van der Waals surface area contributed by atoms with Gasteiger partial charge in [-0.25, -0.2) is 4.79 Å². The maximum absolute atomic E-state index is 13.3. The van der Waals surface area contributed by atoms with E-state index in [1.54, 1.807) is 11.8 Å². The molecule has 198 valence electrons. The summed E-state index contributed by atoms with van der Waals surface area (Å²) < 4.78 is 5.03. The van der Waals surface area contributed by atoms with Crippen LogP contribution in [0.15, 0.2) is 35.5 Å². The molecule has 3 unspecified atom stereocenters. The molecule has 2 fully saturated rings. The van der Waals surface area contributed by atoms with E-state index in [9.17, 15) is 14.4 Å². The van der Waals surface area contributed by atoms with Crippen LogP contribution in [0.1, 0.15) is 40.2 Å². The predicted octanol–water partition coefficient (Wildman–Crippen LogP) is 2.28. The normalized spacial score (nSPS) is 27.9. The number of amides is 2. The predicted molar refractivity (Wildman–Crippen MR) is 141 cm³/mol. The number of likely N-dealkylation sites (N-methyl/N-ethyl adjacent to an activating group) is 1. The molecule has 1 aromatic rings. The van der Waals surface area contributed by atoms with Crippen molar-refractivity contribution in [3.05, 3.63) is 35.9 Å². The average Bonchev–Trinajstić information content (AvgIpc) is 3.35. The number of oxime groups is 1. The lowest BCUT2D eigenvalue weighted by Gasteiger charge is -2.44. The first-order chi connectivity index (χ1) is 16.7. The molecule has 1 N–H and O–H groups in total. The molecule has 2 amide bonds. The van der Waals surface area contributed by atoms with E-state index in [0.717, 1.165) is 18.7 Å². The summed E-state index contributed by atoms with van der Waals surface area (Å²) in [5, 5.41) is 6.72. The molecule has 0 aliphatic carbocycles. The van der Waals surface area contributed by atoms with Crippen molar-refractivity contribution >= 4 is 47.7 Å². The number of β-lactam (4-membered cyclic amide) rings is 1. The summed E-state index contributed by atoms with van der Waals surface area (Å²) in [4.78, 5) is 48.5.